The van der Waals surface area contributed by atoms with E-state index in [0.717, 1.165) is 76.0 Å². The summed E-state index contributed by atoms with van der Waals surface area (Å²) in [6.07, 6.45) is 5.84. The molecule has 1 aromatic rings. The van der Waals surface area contributed by atoms with Gasteiger partial charge in [-0.1, -0.05) is 19.8 Å². The van der Waals surface area contributed by atoms with Crippen LogP contribution in [-0.2, 0) is 22.6 Å². The first-order valence-electron chi connectivity index (χ1n) is 11.6. The van der Waals surface area contributed by atoms with Crippen molar-refractivity contribution >= 4 is 11.8 Å². The molecular weight excluding hydrogens is 394 g/mol. The summed E-state index contributed by atoms with van der Waals surface area (Å²) >= 11 is 0. The molecule has 31 heavy (non-hydrogen) atoms. The lowest BCUT2D eigenvalue weighted by Crippen LogP contribution is -2.46. The Morgan fingerprint density at radius 3 is 2.35 bits per heavy atom. The molecule has 0 bridgehead atoms. The van der Waals surface area contributed by atoms with E-state index in [-0.39, 0.29) is 17.7 Å². The highest BCUT2D eigenvalue weighted by Gasteiger charge is 2.28. The number of hydrogen-bond donors (Lipinski definition) is 1. The van der Waals surface area contributed by atoms with Gasteiger partial charge in [0, 0.05) is 25.6 Å². The van der Waals surface area contributed by atoms with Crippen LogP contribution in [0.4, 0.5) is 0 Å². The summed E-state index contributed by atoms with van der Waals surface area (Å²) in [6.45, 7) is 6.28. The first-order valence-corrected chi connectivity index (χ1v) is 11.6. The molecule has 2 aliphatic heterocycles. The van der Waals surface area contributed by atoms with Crippen molar-refractivity contribution in [3.8, 4) is 11.5 Å². The van der Waals surface area contributed by atoms with Crippen LogP contribution in [0, 0.1) is 5.92 Å². The summed E-state index contributed by atoms with van der Waals surface area (Å²) in [7, 11) is 3.27. The smallest absolute Gasteiger partial charge is 0.237 e. The normalized spacial score (nSPS) is 17.2. The Balaban J connectivity index is 1.46. The third-order valence-electron chi connectivity index (χ3n) is 6.47. The molecule has 2 aliphatic rings. The molecule has 0 spiro atoms. The fourth-order valence-electron chi connectivity index (χ4n) is 4.47. The van der Waals surface area contributed by atoms with Crippen molar-refractivity contribution in [3.63, 3.8) is 0 Å². The van der Waals surface area contributed by atoms with Crippen LogP contribution in [0.15, 0.2) is 12.1 Å². The van der Waals surface area contributed by atoms with E-state index in [2.05, 4.69) is 17.1 Å². The molecule has 1 fully saturated rings. The van der Waals surface area contributed by atoms with Gasteiger partial charge in [0.15, 0.2) is 11.5 Å². The van der Waals surface area contributed by atoms with E-state index in [9.17, 15) is 9.59 Å². The van der Waals surface area contributed by atoms with Crippen molar-refractivity contribution in [1.29, 1.82) is 0 Å². The first-order chi connectivity index (χ1) is 15.0. The van der Waals surface area contributed by atoms with Crippen LogP contribution in [0.3, 0.4) is 0 Å². The molecule has 1 aromatic carbocycles. The molecule has 0 aromatic heterocycles. The Hall–Kier alpha value is -2.28. The van der Waals surface area contributed by atoms with Crippen molar-refractivity contribution in [2.75, 3.05) is 46.9 Å². The molecule has 2 heterocycles. The van der Waals surface area contributed by atoms with Crippen LogP contribution < -0.4 is 14.8 Å². The van der Waals surface area contributed by atoms with Gasteiger partial charge < -0.3 is 19.7 Å². The topological polar surface area (TPSA) is 71.1 Å². The zero-order valence-electron chi connectivity index (χ0n) is 19.2. The molecule has 0 aliphatic carbocycles. The summed E-state index contributed by atoms with van der Waals surface area (Å²) in [5.74, 6) is 1.85. The summed E-state index contributed by atoms with van der Waals surface area (Å²) < 4.78 is 10.8. The van der Waals surface area contributed by atoms with Crippen LogP contribution in [0.25, 0.3) is 0 Å². The van der Waals surface area contributed by atoms with Crippen molar-refractivity contribution in [3.05, 3.63) is 23.3 Å². The molecule has 172 valence electrons. The number of hydrogen-bond acceptors (Lipinski definition) is 5. The minimum absolute atomic E-state index is 0.0808. The molecule has 1 saturated heterocycles. The molecule has 2 amide bonds. The van der Waals surface area contributed by atoms with Crippen molar-refractivity contribution in [2.45, 2.75) is 52.0 Å². The highest BCUT2D eigenvalue weighted by Crippen LogP contribution is 2.33. The maximum Gasteiger partial charge on any atom is 0.237 e. The first kappa shape index (κ1) is 23.4. The van der Waals surface area contributed by atoms with Gasteiger partial charge in [-0.25, -0.2) is 0 Å². The average Bonchev–Trinajstić information content (AvgIpc) is 2.80. The van der Waals surface area contributed by atoms with Gasteiger partial charge in [0.05, 0.1) is 20.8 Å². The molecule has 0 saturated carbocycles. The summed E-state index contributed by atoms with van der Waals surface area (Å²) in [6, 6.07) is 4.01. The van der Waals surface area contributed by atoms with E-state index < -0.39 is 0 Å². The van der Waals surface area contributed by atoms with E-state index in [4.69, 9.17) is 9.47 Å². The van der Waals surface area contributed by atoms with Gasteiger partial charge >= 0.3 is 0 Å². The van der Waals surface area contributed by atoms with Gasteiger partial charge in [-0.2, -0.15) is 0 Å². The third-order valence-corrected chi connectivity index (χ3v) is 6.47. The number of nitrogens with one attached hydrogen (secondary N) is 1. The van der Waals surface area contributed by atoms with Crippen LogP contribution in [0.5, 0.6) is 11.5 Å². The lowest BCUT2D eigenvalue weighted by atomic mass is 9.95. The molecule has 7 heteroatoms. The number of benzene rings is 1. The number of piperidine rings is 1. The average molecular weight is 432 g/mol. The summed E-state index contributed by atoms with van der Waals surface area (Å²) in [5, 5.41) is 3.07. The minimum atomic E-state index is 0.0808. The number of rotatable bonds is 9. The second kappa shape index (κ2) is 11.4. The number of ether oxygens (including phenoxy) is 2. The predicted octanol–water partition coefficient (Wildman–Crippen LogP) is 2.61. The summed E-state index contributed by atoms with van der Waals surface area (Å²) in [4.78, 5) is 29.4. The second-order valence-electron chi connectivity index (χ2n) is 8.59. The molecule has 3 rings (SSSR count). The zero-order chi connectivity index (χ0) is 22.2. The van der Waals surface area contributed by atoms with E-state index >= 15 is 0 Å². The minimum Gasteiger partial charge on any atom is -0.493 e. The number of unbranched alkanes of at least 4 members (excludes halogenated alkanes) is 2. The van der Waals surface area contributed by atoms with Crippen LogP contribution in [0.1, 0.15) is 50.2 Å². The van der Waals surface area contributed by atoms with E-state index in [1.54, 1.807) is 14.2 Å². The predicted molar refractivity (Wildman–Crippen MR) is 120 cm³/mol. The fourth-order valence-corrected chi connectivity index (χ4v) is 4.47. The highest BCUT2D eigenvalue weighted by molar-refractivity contribution is 5.79. The largest absolute Gasteiger partial charge is 0.493 e. The van der Waals surface area contributed by atoms with Crippen LogP contribution in [-0.4, -0.2) is 68.6 Å². The van der Waals surface area contributed by atoms with Crippen molar-refractivity contribution in [1.82, 2.24) is 15.1 Å². The molecular formula is C24H37N3O4. The standard InChI is InChI=1S/C24H37N3O4/c1-4-5-6-10-25-24(29)18-7-11-26(12-8-18)17-23(28)27-13-9-19-14-21(30-2)22(31-3)15-20(19)16-27/h14-15,18H,4-13,16-17H2,1-3H3,(H,25,29). The number of amides is 2. The maximum atomic E-state index is 12.9. The number of carbonyl (C=O) groups is 2. The lowest BCUT2D eigenvalue weighted by molar-refractivity contribution is -0.134. The number of fused-ring (bicyclic) bond motifs is 1. The number of carbonyl (C=O) groups excluding carboxylic acids is 2. The molecule has 7 nitrogen and oxygen atoms in total. The summed E-state index contributed by atoms with van der Waals surface area (Å²) in [5.41, 5.74) is 2.34. The quantitative estimate of drug-likeness (QED) is 0.609. The van der Waals surface area contributed by atoms with E-state index in [1.165, 1.54) is 5.56 Å². The van der Waals surface area contributed by atoms with E-state index in [1.807, 2.05) is 17.0 Å². The third kappa shape index (κ3) is 6.12. The highest BCUT2D eigenvalue weighted by atomic mass is 16.5. The van der Waals surface area contributed by atoms with Gasteiger partial charge in [0.25, 0.3) is 0 Å². The zero-order valence-corrected chi connectivity index (χ0v) is 19.2. The molecule has 0 unspecified atom stereocenters. The van der Waals surface area contributed by atoms with Gasteiger partial charge in [-0.3, -0.25) is 14.5 Å². The van der Waals surface area contributed by atoms with Crippen molar-refractivity contribution < 1.29 is 19.1 Å². The Bertz CT molecular complexity index is 759. The maximum absolute atomic E-state index is 12.9. The molecule has 0 radical (unpaired) electrons. The number of nitrogens with zero attached hydrogens (tertiary/aromatic N) is 2. The van der Waals surface area contributed by atoms with Gasteiger partial charge in [0.2, 0.25) is 11.8 Å². The van der Waals surface area contributed by atoms with Crippen molar-refractivity contribution in [2.24, 2.45) is 5.92 Å². The Labute approximate surface area is 186 Å². The van der Waals surface area contributed by atoms with Crippen LogP contribution in [0.2, 0.25) is 0 Å². The van der Waals surface area contributed by atoms with Gasteiger partial charge in [-0.05, 0) is 62.0 Å². The monoisotopic (exact) mass is 431 g/mol. The Morgan fingerprint density at radius 2 is 1.71 bits per heavy atom. The Morgan fingerprint density at radius 1 is 1.03 bits per heavy atom. The number of likely N-dealkylation sites (tertiary alicyclic amines) is 1. The van der Waals surface area contributed by atoms with Gasteiger partial charge in [0.1, 0.15) is 0 Å². The number of methoxy groups -OCH3 is 2. The molecule has 0 atom stereocenters. The van der Waals surface area contributed by atoms with Gasteiger partial charge in [-0.15, -0.1) is 0 Å². The SMILES string of the molecule is CCCCCNC(=O)C1CCN(CC(=O)N2CCc3cc(OC)c(OC)cc3C2)CC1. The Kier molecular flexibility index (Phi) is 8.58. The lowest BCUT2D eigenvalue weighted by Gasteiger charge is -2.34. The molecule has 1 N–H and O–H groups in total. The second-order valence-corrected chi connectivity index (χ2v) is 8.59. The van der Waals surface area contributed by atoms with Crippen LogP contribution >= 0.6 is 0 Å². The van der Waals surface area contributed by atoms with E-state index in [0.29, 0.717) is 18.8 Å². The fraction of sp³-hybridized carbons (Fsp3) is 0.667.